The zero-order chi connectivity index (χ0) is 21.6. The van der Waals surface area contributed by atoms with Gasteiger partial charge in [0.15, 0.2) is 11.6 Å². The molecule has 5 nitrogen and oxygen atoms in total. The van der Waals surface area contributed by atoms with Crippen LogP contribution in [0.1, 0.15) is 18.1 Å². The number of methoxy groups -OCH3 is 1. The number of benzene rings is 2. The van der Waals surface area contributed by atoms with Crippen molar-refractivity contribution in [1.29, 1.82) is 0 Å². The molecule has 0 aliphatic carbocycles. The Labute approximate surface area is 165 Å². The number of halogens is 4. The summed E-state index contributed by atoms with van der Waals surface area (Å²) in [6.07, 6.45) is -4.79. The smallest absolute Gasteiger partial charge is 0.418 e. The topological polar surface area (TPSA) is 58.6 Å². The van der Waals surface area contributed by atoms with Crippen LogP contribution in [0.25, 0.3) is 0 Å². The van der Waals surface area contributed by atoms with Gasteiger partial charge in [0.2, 0.25) is 11.8 Å². The van der Waals surface area contributed by atoms with Crippen molar-refractivity contribution in [3.63, 3.8) is 0 Å². The SMILES string of the molecule is CCN(CC(=O)Nc1ccccc1C(F)(F)F)C(=O)Cc1ccc(OC)c(F)c1. The zero-order valence-electron chi connectivity index (χ0n) is 15.8. The van der Waals surface area contributed by atoms with Gasteiger partial charge in [0.25, 0.3) is 0 Å². The van der Waals surface area contributed by atoms with Gasteiger partial charge in [0, 0.05) is 6.54 Å². The standard InChI is InChI=1S/C20H20F4N2O3/c1-3-26(19(28)11-13-8-9-17(29-2)15(21)10-13)12-18(27)25-16-7-5-4-6-14(16)20(22,23)24/h4-10H,3,11-12H2,1-2H3,(H,25,27). The lowest BCUT2D eigenvalue weighted by Crippen LogP contribution is -2.38. The molecular weight excluding hydrogens is 392 g/mol. The summed E-state index contributed by atoms with van der Waals surface area (Å²) in [7, 11) is 1.32. The van der Waals surface area contributed by atoms with Crippen LogP contribution in [0.4, 0.5) is 23.2 Å². The van der Waals surface area contributed by atoms with Gasteiger partial charge in [-0.2, -0.15) is 13.2 Å². The quantitative estimate of drug-likeness (QED) is 0.703. The average Bonchev–Trinajstić information content (AvgIpc) is 2.65. The third kappa shape index (κ3) is 5.94. The highest BCUT2D eigenvalue weighted by Crippen LogP contribution is 2.34. The summed E-state index contributed by atoms with van der Waals surface area (Å²) in [5.41, 5.74) is -0.975. The summed E-state index contributed by atoms with van der Waals surface area (Å²) < 4.78 is 57.7. The number of nitrogens with zero attached hydrogens (tertiary/aromatic N) is 1. The number of amides is 2. The molecule has 0 heterocycles. The predicted octanol–water partition coefficient (Wildman–Crippen LogP) is 3.88. The van der Waals surface area contributed by atoms with E-state index in [0.717, 1.165) is 18.2 Å². The molecule has 9 heteroatoms. The van der Waals surface area contributed by atoms with E-state index in [1.54, 1.807) is 6.92 Å². The highest BCUT2D eigenvalue weighted by molar-refractivity contribution is 5.95. The molecule has 2 amide bonds. The van der Waals surface area contributed by atoms with E-state index in [9.17, 15) is 27.2 Å². The Balaban J connectivity index is 2.05. The van der Waals surface area contributed by atoms with E-state index < -0.39 is 35.9 Å². The first-order valence-electron chi connectivity index (χ1n) is 8.72. The van der Waals surface area contributed by atoms with Gasteiger partial charge in [-0.1, -0.05) is 18.2 Å². The van der Waals surface area contributed by atoms with E-state index in [1.165, 1.54) is 36.3 Å². The Morgan fingerprint density at radius 3 is 2.41 bits per heavy atom. The van der Waals surface area contributed by atoms with Crippen molar-refractivity contribution >= 4 is 17.5 Å². The summed E-state index contributed by atoms with van der Waals surface area (Å²) in [5.74, 6) is -1.81. The molecule has 0 saturated heterocycles. The van der Waals surface area contributed by atoms with Crippen LogP contribution in [0.2, 0.25) is 0 Å². The van der Waals surface area contributed by atoms with Gasteiger partial charge < -0.3 is 15.0 Å². The molecule has 2 aromatic rings. The van der Waals surface area contributed by atoms with Crippen molar-refractivity contribution in [3.05, 3.63) is 59.4 Å². The predicted molar refractivity (Wildman–Crippen MR) is 99.0 cm³/mol. The van der Waals surface area contributed by atoms with Crippen LogP contribution in [0.3, 0.4) is 0 Å². The van der Waals surface area contributed by atoms with Crippen molar-refractivity contribution in [3.8, 4) is 5.75 Å². The number of likely N-dealkylation sites (N-methyl/N-ethyl adjacent to an activating group) is 1. The van der Waals surface area contributed by atoms with E-state index in [4.69, 9.17) is 4.74 Å². The number of nitrogens with one attached hydrogen (secondary N) is 1. The maximum absolute atomic E-state index is 13.8. The van der Waals surface area contributed by atoms with E-state index >= 15 is 0 Å². The number of alkyl halides is 3. The number of carbonyl (C=O) groups excluding carboxylic acids is 2. The third-order valence-corrected chi connectivity index (χ3v) is 4.15. The largest absolute Gasteiger partial charge is 0.494 e. The average molecular weight is 412 g/mol. The molecule has 0 atom stereocenters. The number of hydrogen-bond donors (Lipinski definition) is 1. The minimum absolute atomic E-state index is 0.0382. The van der Waals surface area contributed by atoms with E-state index in [-0.39, 0.29) is 24.4 Å². The van der Waals surface area contributed by atoms with Gasteiger partial charge >= 0.3 is 6.18 Å². The first-order valence-corrected chi connectivity index (χ1v) is 8.72. The molecule has 1 N–H and O–H groups in total. The van der Waals surface area contributed by atoms with Crippen molar-refractivity contribution in [2.75, 3.05) is 25.5 Å². The molecule has 0 radical (unpaired) electrons. The van der Waals surface area contributed by atoms with Crippen LogP contribution >= 0.6 is 0 Å². The molecule has 0 spiro atoms. The number of hydrogen-bond acceptors (Lipinski definition) is 3. The molecule has 0 aliphatic heterocycles. The monoisotopic (exact) mass is 412 g/mol. The first-order chi connectivity index (χ1) is 13.7. The molecule has 0 aliphatic rings. The Kier molecular flexibility index (Phi) is 7.19. The highest BCUT2D eigenvalue weighted by atomic mass is 19.4. The normalized spacial score (nSPS) is 11.1. The Morgan fingerprint density at radius 2 is 1.83 bits per heavy atom. The van der Waals surface area contributed by atoms with Crippen LogP contribution in [0.15, 0.2) is 42.5 Å². The van der Waals surface area contributed by atoms with Crippen LogP contribution in [0.5, 0.6) is 5.75 Å². The lowest BCUT2D eigenvalue weighted by Gasteiger charge is -2.21. The second-order valence-corrected chi connectivity index (χ2v) is 6.15. The van der Waals surface area contributed by atoms with E-state index in [1.807, 2.05) is 0 Å². The fourth-order valence-electron chi connectivity index (χ4n) is 2.68. The fraction of sp³-hybridized carbons (Fsp3) is 0.300. The second kappa shape index (κ2) is 9.40. The lowest BCUT2D eigenvalue weighted by atomic mass is 10.1. The van der Waals surface area contributed by atoms with Crippen molar-refractivity contribution in [1.82, 2.24) is 4.90 Å². The third-order valence-electron chi connectivity index (χ3n) is 4.15. The summed E-state index contributed by atoms with van der Waals surface area (Å²) in [6.45, 7) is 1.36. The Morgan fingerprint density at radius 1 is 1.14 bits per heavy atom. The number of carbonyl (C=O) groups is 2. The van der Waals surface area contributed by atoms with Crippen LogP contribution in [0, 0.1) is 5.82 Å². The second-order valence-electron chi connectivity index (χ2n) is 6.15. The number of rotatable bonds is 7. The molecular formula is C20H20F4N2O3. The molecule has 0 saturated carbocycles. The van der Waals surface area contributed by atoms with Gasteiger partial charge in [-0.05, 0) is 36.8 Å². The molecule has 0 fully saturated rings. The summed E-state index contributed by atoms with van der Waals surface area (Å²) in [4.78, 5) is 25.8. The Hall–Kier alpha value is -3.10. The van der Waals surface area contributed by atoms with Crippen molar-refractivity contribution < 1.29 is 31.9 Å². The van der Waals surface area contributed by atoms with Crippen LogP contribution < -0.4 is 10.1 Å². The van der Waals surface area contributed by atoms with E-state index in [0.29, 0.717) is 5.56 Å². The first kappa shape index (κ1) is 22.2. The molecule has 2 aromatic carbocycles. The minimum atomic E-state index is -4.62. The van der Waals surface area contributed by atoms with Gasteiger partial charge in [0.1, 0.15) is 0 Å². The molecule has 0 bridgehead atoms. The molecule has 29 heavy (non-hydrogen) atoms. The number of anilines is 1. The molecule has 156 valence electrons. The van der Waals surface area contributed by atoms with Gasteiger partial charge in [-0.25, -0.2) is 4.39 Å². The van der Waals surface area contributed by atoms with Crippen LogP contribution in [-0.4, -0.2) is 36.9 Å². The number of para-hydroxylation sites is 1. The summed E-state index contributed by atoms with van der Waals surface area (Å²) in [6, 6.07) is 8.64. The minimum Gasteiger partial charge on any atom is -0.494 e. The molecule has 2 rings (SSSR count). The van der Waals surface area contributed by atoms with E-state index in [2.05, 4.69) is 5.32 Å². The van der Waals surface area contributed by atoms with Gasteiger partial charge in [0.05, 0.1) is 31.3 Å². The maximum Gasteiger partial charge on any atom is 0.418 e. The summed E-state index contributed by atoms with van der Waals surface area (Å²) in [5, 5.41) is 2.20. The van der Waals surface area contributed by atoms with Crippen molar-refractivity contribution in [2.45, 2.75) is 19.5 Å². The highest BCUT2D eigenvalue weighted by Gasteiger charge is 2.33. The van der Waals surface area contributed by atoms with Crippen molar-refractivity contribution in [2.24, 2.45) is 0 Å². The number of ether oxygens (including phenoxy) is 1. The lowest BCUT2D eigenvalue weighted by molar-refractivity contribution is -0.137. The zero-order valence-corrected chi connectivity index (χ0v) is 15.8. The Bertz CT molecular complexity index is 884. The van der Waals surface area contributed by atoms with Gasteiger partial charge in [-0.3, -0.25) is 9.59 Å². The summed E-state index contributed by atoms with van der Waals surface area (Å²) >= 11 is 0. The molecule has 0 aromatic heterocycles. The maximum atomic E-state index is 13.8. The fourth-order valence-corrected chi connectivity index (χ4v) is 2.68. The van der Waals surface area contributed by atoms with Gasteiger partial charge in [-0.15, -0.1) is 0 Å². The van der Waals surface area contributed by atoms with Crippen LogP contribution in [-0.2, 0) is 22.2 Å². The molecule has 0 unspecified atom stereocenters.